The summed E-state index contributed by atoms with van der Waals surface area (Å²) in [5.41, 5.74) is 1.44. The lowest BCUT2D eigenvalue weighted by atomic mass is 10.1. The molecule has 5 heteroatoms. The Labute approximate surface area is 100 Å². The molecule has 2 heterocycles. The molecule has 1 aromatic rings. The van der Waals surface area contributed by atoms with Crippen molar-refractivity contribution in [1.29, 1.82) is 0 Å². The second-order valence-electron chi connectivity index (χ2n) is 4.29. The summed E-state index contributed by atoms with van der Waals surface area (Å²) in [6.45, 7) is 3.03. The standard InChI is InChI=1S/C12H17N3O2/c1-8-4-5-11(16)10(15-8)7-14-9-3-2-6-13-12(9)17/h4-5,9,14,16H,2-3,6-7H2,1H3,(H,13,17). The second-order valence-corrected chi connectivity index (χ2v) is 4.29. The molecule has 17 heavy (non-hydrogen) atoms. The van der Waals surface area contributed by atoms with E-state index in [9.17, 15) is 9.90 Å². The zero-order valence-electron chi connectivity index (χ0n) is 9.86. The Morgan fingerprint density at radius 1 is 1.59 bits per heavy atom. The molecule has 2 rings (SSSR count). The van der Waals surface area contributed by atoms with Gasteiger partial charge in [0.1, 0.15) is 5.75 Å². The molecule has 0 bridgehead atoms. The molecule has 0 radical (unpaired) electrons. The number of carbonyl (C=O) groups excluding carboxylic acids is 1. The molecule has 0 aromatic carbocycles. The average molecular weight is 235 g/mol. The van der Waals surface area contributed by atoms with Crippen molar-refractivity contribution < 1.29 is 9.90 Å². The maximum absolute atomic E-state index is 11.5. The molecule has 0 spiro atoms. The van der Waals surface area contributed by atoms with Crippen LogP contribution in [0.2, 0.25) is 0 Å². The topological polar surface area (TPSA) is 74.2 Å². The highest BCUT2D eigenvalue weighted by molar-refractivity contribution is 5.82. The molecule has 1 unspecified atom stereocenters. The molecule has 92 valence electrons. The first kappa shape index (κ1) is 11.9. The fourth-order valence-corrected chi connectivity index (χ4v) is 1.92. The molecular formula is C12H17N3O2. The van der Waals surface area contributed by atoms with E-state index in [1.807, 2.05) is 6.92 Å². The quantitative estimate of drug-likeness (QED) is 0.711. The summed E-state index contributed by atoms with van der Waals surface area (Å²) in [4.78, 5) is 15.7. The summed E-state index contributed by atoms with van der Waals surface area (Å²) < 4.78 is 0. The van der Waals surface area contributed by atoms with Gasteiger partial charge in [-0.1, -0.05) is 0 Å². The van der Waals surface area contributed by atoms with Crippen molar-refractivity contribution in [2.45, 2.75) is 32.4 Å². The number of hydrogen-bond acceptors (Lipinski definition) is 4. The van der Waals surface area contributed by atoms with Gasteiger partial charge in [0, 0.05) is 18.8 Å². The number of carbonyl (C=O) groups is 1. The third-order valence-corrected chi connectivity index (χ3v) is 2.89. The van der Waals surface area contributed by atoms with E-state index in [4.69, 9.17) is 0 Å². The molecule has 1 saturated heterocycles. The van der Waals surface area contributed by atoms with Crippen LogP contribution in [-0.4, -0.2) is 28.6 Å². The van der Waals surface area contributed by atoms with Gasteiger partial charge in [-0.25, -0.2) is 0 Å². The first-order chi connectivity index (χ1) is 8.16. The third-order valence-electron chi connectivity index (χ3n) is 2.89. The summed E-state index contributed by atoms with van der Waals surface area (Å²) >= 11 is 0. The zero-order valence-corrected chi connectivity index (χ0v) is 9.86. The van der Waals surface area contributed by atoms with Crippen LogP contribution in [0.5, 0.6) is 5.75 Å². The minimum atomic E-state index is -0.175. The van der Waals surface area contributed by atoms with E-state index in [1.165, 1.54) is 0 Å². The Kier molecular flexibility index (Phi) is 3.58. The Morgan fingerprint density at radius 3 is 3.18 bits per heavy atom. The van der Waals surface area contributed by atoms with E-state index >= 15 is 0 Å². The van der Waals surface area contributed by atoms with Gasteiger partial charge in [-0.3, -0.25) is 9.78 Å². The smallest absolute Gasteiger partial charge is 0.237 e. The van der Waals surface area contributed by atoms with Crippen LogP contribution in [0.4, 0.5) is 0 Å². The lowest BCUT2D eigenvalue weighted by Gasteiger charge is -2.22. The maximum atomic E-state index is 11.5. The van der Waals surface area contributed by atoms with Crippen molar-refractivity contribution in [2.75, 3.05) is 6.54 Å². The van der Waals surface area contributed by atoms with Gasteiger partial charge in [0.05, 0.1) is 11.7 Å². The Morgan fingerprint density at radius 2 is 2.41 bits per heavy atom. The van der Waals surface area contributed by atoms with Crippen LogP contribution in [0.15, 0.2) is 12.1 Å². The SMILES string of the molecule is Cc1ccc(O)c(CNC2CCCNC2=O)n1. The third kappa shape index (κ3) is 2.94. The van der Waals surface area contributed by atoms with Crippen molar-refractivity contribution in [2.24, 2.45) is 0 Å². The van der Waals surface area contributed by atoms with Gasteiger partial charge < -0.3 is 15.7 Å². The van der Waals surface area contributed by atoms with Gasteiger partial charge in [-0.15, -0.1) is 0 Å². The summed E-state index contributed by atoms with van der Waals surface area (Å²) in [5, 5.41) is 15.6. The molecule has 1 atom stereocenters. The van der Waals surface area contributed by atoms with Gasteiger partial charge in [0.2, 0.25) is 5.91 Å². The van der Waals surface area contributed by atoms with Crippen molar-refractivity contribution in [3.05, 3.63) is 23.5 Å². The number of pyridine rings is 1. The van der Waals surface area contributed by atoms with Crippen molar-refractivity contribution in [3.63, 3.8) is 0 Å². The van der Waals surface area contributed by atoms with Crippen molar-refractivity contribution >= 4 is 5.91 Å². The first-order valence-corrected chi connectivity index (χ1v) is 5.83. The van der Waals surface area contributed by atoms with Crippen LogP contribution in [0.1, 0.15) is 24.2 Å². The molecule has 3 N–H and O–H groups in total. The van der Waals surface area contributed by atoms with Gasteiger partial charge >= 0.3 is 0 Å². The van der Waals surface area contributed by atoms with E-state index in [2.05, 4.69) is 15.6 Å². The van der Waals surface area contributed by atoms with Gasteiger partial charge in [-0.2, -0.15) is 0 Å². The zero-order chi connectivity index (χ0) is 12.3. The van der Waals surface area contributed by atoms with E-state index in [1.54, 1.807) is 12.1 Å². The maximum Gasteiger partial charge on any atom is 0.237 e. The highest BCUT2D eigenvalue weighted by Crippen LogP contribution is 2.15. The van der Waals surface area contributed by atoms with Crippen molar-refractivity contribution in [3.8, 4) is 5.75 Å². The molecule has 1 aliphatic rings. The fourth-order valence-electron chi connectivity index (χ4n) is 1.92. The average Bonchev–Trinajstić information content (AvgIpc) is 2.32. The molecule has 0 aliphatic carbocycles. The summed E-state index contributed by atoms with van der Waals surface area (Å²) in [5.74, 6) is 0.197. The van der Waals surface area contributed by atoms with E-state index in [0.717, 1.165) is 25.1 Å². The molecule has 1 fully saturated rings. The fraction of sp³-hybridized carbons (Fsp3) is 0.500. The van der Waals surface area contributed by atoms with Gasteiger partial charge in [0.15, 0.2) is 0 Å². The number of aryl methyl sites for hydroxylation is 1. The lowest BCUT2D eigenvalue weighted by molar-refractivity contribution is -0.124. The second kappa shape index (κ2) is 5.14. The largest absolute Gasteiger partial charge is 0.506 e. The van der Waals surface area contributed by atoms with Crippen LogP contribution >= 0.6 is 0 Å². The highest BCUT2D eigenvalue weighted by Gasteiger charge is 2.21. The predicted molar refractivity (Wildman–Crippen MR) is 63.5 cm³/mol. The highest BCUT2D eigenvalue weighted by atomic mass is 16.3. The Hall–Kier alpha value is -1.62. The lowest BCUT2D eigenvalue weighted by Crippen LogP contribution is -2.48. The monoisotopic (exact) mass is 235 g/mol. The van der Waals surface area contributed by atoms with Gasteiger partial charge in [0.25, 0.3) is 0 Å². The minimum absolute atomic E-state index is 0.0309. The van der Waals surface area contributed by atoms with Crippen LogP contribution in [0.25, 0.3) is 0 Å². The number of rotatable bonds is 3. The number of nitrogens with one attached hydrogen (secondary N) is 2. The van der Waals surface area contributed by atoms with Crippen LogP contribution in [0, 0.1) is 6.92 Å². The molecule has 1 aliphatic heterocycles. The van der Waals surface area contributed by atoms with E-state index < -0.39 is 0 Å². The van der Waals surface area contributed by atoms with Crippen molar-refractivity contribution in [1.82, 2.24) is 15.6 Å². The molecular weight excluding hydrogens is 218 g/mol. The summed E-state index contributed by atoms with van der Waals surface area (Å²) in [7, 11) is 0. The number of aromatic nitrogens is 1. The summed E-state index contributed by atoms with van der Waals surface area (Å²) in [6, 6.07) is 3.21. The molecule has 1 amide bonds. The number of hydrogen-bond donors (Lipinski definition) is 3. The van der Waals surface area contributed by atoms with Crippen LogP contribution < -0.4 is 10.6 Å². The predicted octanol–water partition coefficient (Wildman–Crippen LogP) is 0.464. The first-order valence-electron chi connectivity index (χ1n) is 5.83. The Bertz CT molecular complexity index is 420. The van der Waals surface area contributed by atoms with Gasteiger partial charge in [-0.05, 0) is 31.9 Å². The number of nitrogens with zero attached hydrogens (tertiary/aromatic N) is 1. The number of amides is 1. The Balaban J connectivity index is 1.97. The normalized spacial score (nSPS) is 20.1. The minimum Gasteiger partial charge on any atom is -0.506 e. The van der Waals surface area contributed by atoms with E-state index in [-0.39, 0.29) is 17.7 Å². The van der Waals surface area contributed by atoms with Crippen LogP contribution in [0.3, 0.4) is 0 Å². The molecule has 5 nitrogen and oxygen atoms in total. The number of piperidine rings is 1. The van der Waals surface area contributed by atoms with Crippen LogP contribution in [-0.2, 0) is 11.3 Å². The molecule has 1 aromatic heterocycles. The number of aromatic hydroxyl groups is 1. The summed E-state index contributed by atoms with van der Waals surface area (Å²) in [6.07, 6.45) is 1.81. The molecule has 0 saturated carbocycles. The van der Waals surface area contributed by atoms with E-state index in [0.29, 0.717) is 12.2 Å².